The van der Waals surface area contributed by atoms with Gasteiger partial charge in [-0.25, -0.2) is 4.79 Å². The van der Waals surface area contributed by atoms with Gasteiger partial charge in [-0.15, -0.1) is 0 Å². The van der Waals surface area contributed by atoms with Gasteiger partial charge >= 0.3 is 5.97 Å². The molecule has 2 aromatic rings. The summed E-state index contributed by atoms with van der Waals surface area (Å²) in [6, 6.07) is 8.65. The Kier molecular flexibility index (Phi) is 6.77. The fourth-order valence-electron chi connectivity index (χ4n) is 2.66. The summed E-state index contributed by atoms with van der Waals surface area (Å²) in [5.74, 6) is -0.268. The molecule has 1 aromatic heterocycles. The first-order valence-corrected chi connectivity index (χ1v) is 8.60. The van der Waals surface area contributed by atoms with Crippen molar-refractivity contribution in [2.45, 2.75) is 39.2 Å². The van der Waals surface area contributed by atoms with E-state index in [2.05, 4.69) is 19.0 Å². The Bertz CT molecular complexity index is 735. The summed E-state index contributed by atoms with van der Waals surface area (Å²) in [5, 5.41) is 12.6. The van der Waals surface area contributed by atoms with Gasteiger partial charge in [0.15, 0.2) is 6.61 Å². The fraction of sp³-hybridized carbons (Fsp3) is 0.421. The first-order chi connectivity index (χ1) is 12.4. The van der Waals surface area contributed by atoms with Gasteiger partial charge in [-0.2, -0.15) is 0 Å². The van der Waals surface area contributed by atoms with Crippen molar-refractivity contribution in [1.29, 1.82) is 0 Å². The zero-order chi connectivity index (χ0) is 19.1. The molecule has 0 atom stereocenters. The van der Waals surface area contributed by atoms with Crippen LogP contribution in [0.1, 0.15) is 54.4 Å². The number of amides is 1. The monoisotopic (exact) mass is 360 g/mol. The van der Waals surface area contributed by atoms with E-state index >= 15 is 0 Å². The van der Waals surface area contributed by atoms with Crippen molar-refractivity contribution < 1.29 is 24.0 Å². The Balaban J connectivity index is 1.97. The van der Waals surface area contributed by atoms with Gasteiger partial charge in [0.1, 0.15) is 5.75 Å². The molecular weight excluding hydrogens is 336 g/mol. The number of carbonyl (C=O) groups is 2. The SMILES string of the molecule is CCC(CC)c1cc(C(=O)N(C)Cc2ccc(OCC(=O)O)cc2)on1. The van der Waals surface area contributed by atoms with Crippen molar-refractivity contribution in [3.05, 3.63) is 47.3 Å². The minimum absolute atomic E-state index is 0.232. The summed E-state index contributed by atoms with van der Waals surface area (Å²) in [6.45, 7) is 4.17. The smallest absolute Gasteiger partial charge is 0.341 e. The molecule has 1 amide bonds. The van der Waals surface area contributed by atoms with Gasteiger partial charge in [-0.1, -0.05) is 31.1 Å². The van der Waals surface area contributed by atoms with Crippen molar-refractivity contribution in [2.24, 2.45) is 0 Å². The number of rotatable bonds is 9. The third-order valence-electron chi connectivity index (χ3n) is 4.20. The van der Waals surface area contributed by atoms with Crippen molar-refractivity contribution in [3.8, 4) is 5.75 Å². The molecule has 0 saturated heterocycles. The number of nitrogens with zero attached hydrogens (tertiary/aromatic N) is 2. The van der Waals surface area contributed by atoms with E-state index in [-0.39, 0.29) is 18.3 Å². The van der Waals surface area contributed by atoms with Gasteiger partial charge in [0.05, 0.1) is 5.69 Å². The Labute approximate surface area is 152 Å². The maximum atomic E-state index is 12.5. The summed E-state index contributed by atoms with van der Waals surface area (Å²) in [7, 11) is 1.69. The number of aliphatic carboxylic acids is 1. The van der Waals surface area contributed by atoms with Crippen LogP contribution in [0, 0.1) is 0 Å². The molecular formula is C19H24N2O5. The number of hydrogen-bond acceptors (Lipinski definition) is 5. The zero-order valence-corrected chi connectivity index (χ0v) is 15.3. The van der Waals surface area contributed by atoms with Crippen LogP contribution in [0.2, 0.25) is 0 Å². The molecule has 0 spiro atoms. The minimum atomic E-state index is -1.03. The molecule has 26 heavy (non-hydrogen) atoms. The van der Waals surface area contributed by atoms with Gasteiger partial charge in [0, 0.05) is 25.6 Å². The van der Waals surface area contributed by atoms with Crippen LogP contribution < -0.4 is 4.74 Å². The van der Waals surface area contributed by atoms with Crippen LogP contribution in [0.3, 0.4) is 0 Å². The maximum absolute atomic E-state index is 12.5. The zero-order valence-electron chi connectivity index (χ0n) is 15.3. The lowest BCUT2D eigenvalue weighted by atomic mass is 9.99. The van der Waals surface area contributed by atoms with Crippen molar-refractivity contribution in [1.82, 2.24) is 10.1 Å². The second-order valence-corrected chi connectivity index (χ2v) is 6.12. The van der Waals surface area contributed by atoms with Gasteiger partial charge < -0.3 is 19.3 Å². The van der Waals surface area contributed by atoms with E-state index in [1.807, 2.05) is 0 Å². The average molecular weight is 360 g/mol. The molecule has 1 N–H and O–H groups in total. The maximum Gasteiger partial charge on any atom is 0.341 e. The first kappa shape index (κ1) is 19.5. The molecule has 0 aliphatic rings. The number of carbonyl (C=O) groups excluding carboxylic acids is 1. The molecule has 0 aliphatic carbocycles. The molecule has 0 fully saturated rings. The lowest BCUT2D eigenvalue weighted by Crippen LogP contribution is -2.25. The molecule has 7 heteroatoms. The largest absolute Gasteiger partial charge is 0.482 e. The highest BCUT2D eigenvalue weighted by Crippen LogP contribution is 2.23. The Morgan fingerprint density at radius 3 is 2.46 bits per heavy atom. The minimum Gasteiger partial charge on any atom is -0.482 e. The molecule has 2 rings (SSSR count). The van der Waals surface area contributed by atoms with Gasteiger partial charge in [-0.3, -0.25) is 4.79 Å². The Morgan fingerprint density at radius 2 is 1.88 bits per heavy atom. The second kappa shape index (κ2) is 9.03. The molecule has 0 bridgehead atoms. The summed E-state index contributed by atoms with van der Waals surface area (Å²) >= 11 is 0. The van der Waals surface area contributed by atoms with Crippen LogP contribution in [0.25, 0.3) is 0 Å². The van der Waals surface area contributed by atoms with E-state index < -0.39 is 5.97 Å². The topological polar surface area (TPSA) is 92.9 Å². The third kappa shape index (κ3) is 5.08. The molecule has 0 unspecified atom stereocenters. The second-order valence-electron chi connectivity index (χ2n) is 6.12. The normalized spacial score (nSPS) is 10.8. The van der Waals surface area contributed by atoms with Crippen molar-refractivity contribution in [2.75, 3.05) is 13.7 Å². The lowest BCUT2D eigenvalue weighted by molar-refractivity contribution is -0.139. The fourth-order valence-corrected chi connectivity index (χ4v) is 2.66. The van der Waals surface area contributed by atoms with Crippen LogP contribution in [0.5, 0.6) is 5.75 Å². The summed E-state index contributed by atoms with van der Waals surface area (Å²) < 4.78 is 10.3. The number of carboxylic acids is 1. The quantitative estimate of drug-likeness (QED) is 0.737. The molecule has 0 saturated carbocycles. The van der Waals surface area contributed by atoms with E-state index in [1.54, 1.807) is 42.3 Å². The molecule has 0 radical (unpaired) electrons. The average Bonchev–Trinajstić information content (AvgIpc) is 3.11. The molecule has 1 heterocycles. The van der Waals surface area contributed by atoms with Crippen LogP contribution in [-0.4, -0.2) is 40.7 Å². The standard InChI is InChI=1S/C19H24N2O5/c1-4-14(5-2)16-10-17(26-20-16)19(24)21(3)11-13-6-8-15(9-7-13)25-12-18(22)23/h6-10,14H,4-5,11-12H2,1-3H3,(H,22,23). The number of aromatic nitrogens is 1. The Morgan fingerprint density at radius 1 is 1.23 bits per heavy atom. The first-order valence-electron chi connectivity index (χ1n) is 8.60. The highest BCUT2D eigenvalue weighted by molar-refractivity contribution is 5.91. The molecule has 7 nitrogen and oxygen atoms in total. The van der Waals surface area contributed by atoms with Crippen molar-refractivity contribution in [3.63, 3.8) is 0 Å². The van der Waals surface area contributed by atoms with Crippen LogP contribution in [0.4, 0.5) is 0 Å². The predicted octanol–water partition coefficient (Wildman–Crippen LogP) is 3.31. The van der Waals surface area contributed by atoms with Crippen LogP contribution >= 0.6 is 0 Å². The molecule has 0 aliphatic heterocycles. The predicted molar refractivity (Wildman–Crippen MR) is 95.2 cm³/mol. The highest BCUT2D eigenvalue weighted by Gasteiger charge is 2.20. The van der Waals surface area contributed by atoms with Gasteiger partial charge in [0.25, 0.3) is 5.91 Å². The number of benzene rings is 1. The van der Waals surface area contributed by atoms with Crippen molar-refractivity contribution >= 4 is 11.9 Å². The number of carboxylic acid groups (broad SMARTS) is 1. The van der Waals surface area contributed by atoms with E-state index in [4.69, 9.17) is 14.4 Å². The molecule has 140 valence electrons. The Hall–Kier alpha value is -2.83. The summed E-state index contributed by atoms with van der Waals surface area (Å²) in [4.78, 5) is 24.5. The number of hydrogen-bond donors (Lipinski definition) is 1. The van der Waals surface area contributed by atoms with E-state index in [9.17, 15) is 9.59 Å². The van der Waals surface area contributed by atoms with Gasteiger partial charge in [-0.05, 0) is 30.5 Å². The van der Waals surface area contributed by atoms with E-state index in [0.717, 1.165) is 24.1 Å². The van der Waals surface area contributed by atoms with E-state index in [0.29, 0.717) is 18.2 Å². The van der Waals surface area contributed by atoms with E-state index in [1.165, 1.54) is 0 Å². The number of ether oxygens (including phenoxy) is 1. The van der Waals surface area contributed by atoms with Gasteiger partial charge in [0.2, 0.25) is 5.76 Å². The molecule has 1 aromatic carbocycles. The van der Waals surface area contributed by atoms with Crippen LogP contribution in [0.15, 0.2) is 34.9 Å². The summed E-state index contributed by atoms with van der Waals surface area (Å²) in [6.07, 6.45) is 1.89. The van der Waals surface area contributed by atoms with Crippen LogP contribution in [-0.2, 0) is 11.3 Å². The third-order valence-corrected chi connectivity index (χ3v) is 4.20. The lowest BCUT2D eigenvalue weighted by Gasteiger charge is -2.15. The summed E-state index contributed by atoms with van der Waals surface area (Å²) in [5.41, 5.74) is 1.70. The highest BCUT2D eigenvalue weighted by atomic mass is 16.5.